The van der Waals surface area contributed by atoms with Crippen molar-refractivity contribution in [1.29, 1.82) is 0 Å². The van der Waals surface area contributed by atoms with E-state index in [0.29, 0.717) is 0 Å². The van der Waals surface area contributed by atoms with E-state index < -0.39 is 0 Å². The molecule has 0 aliphatic heterocycles. The van der Waals surface area contributed by atoms with Gasteiger partial charge in [0.25, 0.3) is 0 Å². The second-order valence-electron chi connectivity index (χ2n) is 4.45. The number of hydrogen-bond acceptors (Lipinski definition) is 3. The van der Waals surface area contributed by atoms with Gasteiger partial charge in [-0.15, -0.1) is 11.3 Å². The molecule has 0 bridgehead atoms. The highest BCUT2D eigenvalue weighted by Gasteiger charge is 2.21. The maximum Gasteiger partial charge on any atom is 0.134 e. The molecule has 1 atom stereocenters. The number of benzene rings is 1. The Morgan fingerprint density at radius 3 is 2.90 bits per heavy atom. The predicted molar refractivity (Wildman–Crippen MR) is 88.8 cm³/mol. The Morgan fingerprint density at radius 2 is 2.20 bits per heavy atom. The third kappa shape index (κ3) is 2.66. The van der Waals surface area contributed by atoms with Crippen molar-refractivity contribution in [2.45, 2.75) is 13.0 Å². The van der Waals surface area contributed by atoms with Crippen molar-refractivity contribution in [1.82, 2.24) is 5.32 Å². The summed E-state index contributed by atoms with van der Waals surface area (Å²) in [6, 6.07) is 9.86. The van der Waals surface area contributed by atoms with Crippen molar-refractivity contribution < 1.29 is 4.42 Å². The number of rotatable bonds is 4. The molecule has 3 rings (SSSR count). The topological polar surface area (TPSA) is 25.2 Å². The Labute approximate surface area is 134 Å². The molecule has 104 valence electrons. The van der Waals surface area contributed by atoms with Crippen LogP contribution in [0.4, 0.5) is 0 Å². The van der Waals surface area contributed by atoms with E-state index in [9.17, 15) is 0 Å². The third-order valence-electron chi connectivity index (χ3n) is 3.10. The normalized spacial score (nSPS) is 12.9. The number of fused-ring (bicyclic) bond motifs is 1. The van der Waals surface area contributed by atoms with Crippen LogP contribution in [-0.4, -0.2) is 6.54 Å². The molecule has 0 fully saturated rings. The fourth-order valence-corrected chi connectivity index (χ4v) is 4.08. The first-order chi connectivity index (χ1) is 9.69. The molecule has 2 heterocycles. The highest BCUT2D eigenvalue weighted by Crippen LogP contribution is 2.35. The van der Waals surface area contributed by atoms with Gasteiger partial charge in [-0.2, -0.15) is 0 Å². The average molecular weight is 371 g/mol. The van der Waals surface area contributed by atoms with Gasteiger partial charge in [-0.25, -0.2) is 0 Å². The minimum Gasteiger partial charge on any atom is -0.459 e. The summed E-state index contributed by atoms with van der Waals surface area (Å²) in [5, 5.41) is 7.30. The van der Waals surface area contributed by atoms with Gasteiger partial charge in [-0.05, 0) is 58.2 Å². The zero-order valence-electron chi connectivity index (χ0n) is 10.8. The van der Waals surface area contributed by atoms with Crippen LogP contribution in [0, 0.1) is 0 Å². The zero-order chi connectivity index (χ0) is 14.1. The molecule has 2 aromatic heterocycles. The summed E-state index contributed by atoms with van der Waals surface area (Å²) in [7, 11) is 0. The molecule has 1 unspecified atom stereocenters. The first-order valence-electron chi connectivity index (χ1n) is 6.34. The minimum absolute atomic E-state index is 0.0561. The van der Waals surface area contributed by atoms with Crippen molar-refractivity contribution in [2.24, 2.45) is 0 Å². The standard InChI is InChI=1S/C15H13BrClNOS/c1-2-18-14(15-11(16)5-6-20-15)13-8-9-7-10(17)3-4-12(9)19-13/h3-8,14,18H,2H2,1H3. The van der Waals surface area contributed by atoms with Crippen LogP contribution in [0.15, 0.2) is 44.6 Å². The van der Waals surface area contributed by atoms with Crippen LogP contribution in [0.1, 0.15) is 23.6 Å². The molecule has 3 aromatic rings. The van der Waals surface area contributed by atoms with Gasteiger partial charge in [-0.1, -0.05) is 18.5 Å². The van der Waals surface area contributed by atoms with Crippen LogP contribution in [-0.2, 0) is 0 Å². The monoisotopic (exact) mass is 369 g/mol. The van der Waals surface area contributed by atoms with Crippen LogP contribution in [0.5, 0.6) is 0 Å². The van der Waals surface area contributed by atoms with Crippen molar-refractivity contribution in [2.75, 3.05) is 6.54 Å². The molecule has 1 N–H and O–H groups in total. The zero-order valence-corrected chi connectivity index (χ0v) is 14.0. The van der Waals surface area contributed by atoms with Gasteiger partial charge in [0.15, 0.2) is 0 Å². The van der Waals surface area contributed by atoms with E-state index in [1.54, 1.807) is 11.3 Å². The fourth-order valence-electron chi connectivity index (χ4n) is 2.22. The van der Waals surface area contributed by atoms with Gasteiger partial charge < -0.3 is 9.73 Å². The molecule has 0 amide bonds. The lowest BCUT2D eigenvalue weighted by Crippen LogP contribution is -2.20. The molecule has 2 nitrogen and oxygen atoms in total. The maximum atomic E-state index is 6.03. The van der Waals surface area contributed by atoms with Crippen LogP contribution in [0.3, 0.4) is 0 Å². The number of hydrogen-bond donors (Lipinski definition) is 1. The van der Waals surface area contributed by atoms with E-state index in [2.05, 4.69) is 45.7 Å². The van der Waals surface area contributed by atoms with E-state index in [-0.39, 0.29) is 6.04 Å². The van der Waals surface area contributed by atoms with Crippen molar-refractivity contribution in [3.8, 4) is 0 Å². The van der Waals surface area contributed by atoms with Crippen LogP contribution in [0.25, 0.3) is 11.0 Å². The van der Waals surface area contributed by atoms with E-state index in [1.807, 2.05) is 18.2 Å². The van der Waals surface area contributed by atoms with Gasteiger partial charge in [0, 0.05) is 19.8 Å². The Morgan fingerprint density at radius 1 is 1.35 bits per heavy atom. The number of halogens is 2. The van der Waals surface area contributed by atoms with Crippen molar-refractivity contribution in [3.05, 3.63) is 55.8 Å². The number of thiophene rings is 1. The largest absolute Gasteiger partial charge is 0.459 e. The quantitative estimate of drug-likeness (QED) is 0.646. The Bertz CT molecular complexity index is 736. The van der Waals surface area contributed by atoms with Gasteiger partial charge in [-0.3, -0.25) is 0 Å². The highest BCUT2D eigenvalue weighted by atomic mass is 79.9. The molecule has 0 radical (unpaired) electrons. The smallest absolute Gasteiger partial charge is 0.134 e. The lowest BCUT2D eigenvalue weighted by atomic mass is 10.1. The summed E-state index contributed by atoms with van der Waals surface area (Å²) < 4.78 is 7.08. The predicted octanol–water partition coefficient (Wildman–Crippen LogP) is 5.61. The van der Waals surface area contributed by atoms with Crippen LogP contribution < -0.4 is 5.32 Å². The molecule has 20 heavy (non-hydrogen) atoms. The molecule has 0 saturated heterocycles. The Balaban J connectivity index is 2.07. The number of furan rings is 1. The van der Waals surface area contributed by atoms with E-state index >= 15 is 0 Å². The summed E-state index contributed by atoms with van der Waals surface area (Å²) in [6.45, 7) is 2.96. The summed E-state index contributed by atoms with van der Waals surface area (Å²) in [6.07, 6.45) is 0. The molecule has 0 aliphatic carbocycles. The average Bonchev–Trinajstić information content (AvgIpc) is 3.01. The summed E-state index contributed by atoms with van der Waals surface area (Å²) >= 11 is 11.3. The summed E-state index contributed by atoms with van der Waals surface area (Å²) in [5.74, 6) is 0.910. The maximum absolute atomic E-state index is 6.03. The van der Waals surface area contributed by atoms with Gasteiger partial charge in [0.05, 0.1) is 0 Å². The first kappa shape index (κ1) is 14.1. The lowest BCUT2D eigenvalue weighted by molar-refractivity contribution is 0.480. The van der Waals surface area contributed by atoms with E-state index in [0.717, 1.165) is 32.8 Å². The molecule has 0 saturated carbocycles. The molecular formula is C15H13BrClNOS. The molecule has 0 spiro atoms. The van der Waals surface area contributed by atoms with Gasteiger partial charge in [0.2, 0.25) is 0 Å². The third-order valence-corrected chi connectivity index (χ3v) is 5.27. The second kappa shape index (κ2) is 5.90. The Hall–Kier alpha value is -0.810. The van der Waals surface area contributed by atoms with Crippen molar-refractivity contribution in [3.63, 3.8) is 0 Å². The number of nitrogens with one attached hydrogen (secondary N) is 1. The van der Waals surface area contributed by atoms with E-state index in [1.165, 1.54) is 4.88 Å². The Kier molecular flexibility index (Phi) is 4.17. The van der Waals surface area contributed by atoms with Crippen LogP contribution in [0.2, 0.25) is 5.02 Å². The molecule has 1 aromatic carbocycles. The SMILES string of the molecule is CCNC(c1cc2cc(Cl)ccc2o1)c1sccc1Br. The minimum atomic E-state index is 0.0561. The summed E-state index contributed by atoms with van der Waals surface area (Å²) in [5.41, 5.74) is 0.861. The van der Waals surface area contributed by atoms with Gasteiger partial charge in [0.1, 0.15) is 17.4 Å². The second-order valence-corrected chi connectivity index (χ2v) is 6.69. The first-order valence-corrected chi connectivity index (χ1v) is 8.39. The molecular weight excluding hydrogens is 358 g/mol. The molecule has 5 heteroatoms. The lowest BCUT2D eigenvalue weighted by Gasteiger charge is -2.14. The van der Waals surface area contributed by atoms with Crippen LogP contribution >= 0.6 is 38.9 Å². The highest BCUT2D eigenvalue weighted by molar-refractivity contribution is 9.10. The van der Waals surface area contributed by atoms with Crippen molar-refractivity contribution >= 4 is 49.8 Å². The fraction of sp³-hybridized carbons (Fsp3) is 0.200. The molecule has 0 aliphatic rings. The van der Waals surface area contributed by atoms with Gasteiger partial charge >= 0.3 is 0 Å². The van der Waals surface area contributed by atoms with E-state index in [4.69, 9.17) is 16.0 Å². The summed E-state index contributed by atoms with van der Waals surface area (Å²) in [4.78, 5) is 1.22.